The predicted octanol–water partition coefficient (Wildman–Crippen LogP) is 4.02. The van der Waals surface area contributed by atoms with Crippen molar-refractivity contribution in [2.75, 3.05) is 24.6 Å². The first-order valence-electron chi connectivity index (χ1n) is 10.1. The van der Waals surface area contributed by atoms with E-state index in [4.69, 9.17) is 9.15 Å². The molecule has 3 aromatic rings. The highest BCUT2D eigenvalue weighted by molar-refractivity contribution is 5.48. The van der Waals surface area contributed by atoms with Crippen LogP contribution in [0.25, 0.3) is 11.6 Å². The lowest BCUT2D eigenvalue weighted by atomic mass is 10.0. The summed E-state index contributed by atoms with van der Waals surface area (Å²) in [7, 11) is 0. The summed E-state index contributed by atoms with van der Waals surface area (Å²) in [4.78, 5) is 15.5. The van der Waals surface area contributed by atoms with Gasteiger partial charge in [-0.1, -0.05) is 0 Å². The molecular formula is C21H25N5O2. The first-order chi connectivity index (χ1) is 13.9. The van der Waals surface area contributed by atoms with Crippen molar-refractivity contribution in [3.63, 3.8) is 0 Å². The van der Waals surface area contributed by atoms with Gasteiger partial charge in [0.2, 0.25) is 0 Å². The summed E-state index contributed by atoms with van der Waals surface area (Å²) in [5.74, 6) is 3.60. The standard InChI is InChI=1S/C21H25N5O2/c1-2-14-27-17(3-1)18-4-5-19(28-18)21-24-10-13-26(21)16-6-11-25(12-7-16)20-15-22-8-9-23-20/h4-5,8-10,13,15-17H,1-3,6-7,11-12,14H2/t17-/m1/s1. The molecule has 28 heavy (non-hydrogen) atoms. The number of furan rings is 1. The molecule has 0 bridgehead atoms. The van der Waals surface area contributed by atoms with E-state index in [-0.39, 0.29) is 6.10 Å². The number of aromatic nitrogens is 4. The average molecular weight is 379 g/mol. The van der Waals surface area contributed by atoms with E-state index in [9.17, 15) is 0 Å². The Morgan fingerprint density at radius 3 is 2.68 bits per heavy atom. The van der Waals surface area contributed by atoms with E-state index in [1.54, 1.807) is 12.4 Å². The van der Waals surface area contributed by atoms with Crippen molar-refractivity contribution in [3.8, 4) is 11.6 Å². The van der Waals surface area contributed by atoms with Crippen molar-refractivity contribution in [2.45, 2.75) is 44.2 Å². The molecule has 0 radical (unpaired) electrons. The number of piperidine rings is 1. The molecule has 1 atom stereocenters. The molecule has 2 saturated heterocycles. The number of hydrogen-bond donors (Lipinski definition) is 0. The number of imidazole rings is 1. The van der Waals surface area contributed by atoms with E-state index >= 15 is 0 Å². The number of rotatable bonds is 4. The van der Waals surface area contributed by atoms with Gasteiger partial charge in [0.25, 0.3) is 0 Å². The fraction of sp³-hybridized carbons (Fsp3) is 0.476. The number of nitrogens with zero attached hydrogens (tertiary/aromatic N) is 5. The second-order valence-electron chi connectivity index (χ2n) is 7.50. The van der Waals surface area contributed by atoms with Gasteiger partial charge < -0.3 is 18.6 Å². The molecule has 2 fully saturated rings. The first kappa shape index (κ1) is 17.4. The molecular weight excluding hydrogens is 354 g/mol. The van der Waals surface area contributed by atoms with Crippen molar-refractivity contribution in [3.05, 3.63) is 48.9 Å². The van der Waals surface area contributed by atoms with Crippen LogP contribution in [0.5, 0.6) is 0 Å². The Balaban J connectivity index is 1.30. The van der Waals surface area contributed by atoms with Crippen LogP contribution in [-0.4, -0.2) is 39.2 Å². The SMILES string of the molecule is c1cnc(N2CCC(n3ccnc3-c3ccc([C@H]4CCCCO4)o3)CC2)cn1. The molecule has 7 heteroatoms. The molecule has 0 unspecified atom stereocenters. The van der Waals surface area contributed by atoms with Gasteiger partial charge in [0, 0.05) is 50.5 Å². The quantitative estimate of drug-likeness (QED) is 0.682. The minimum atomic E-state index is 0.0844. The van der Waals surface area contributed by atoms with Gasteiger partial charge in [-0.05, 0) is 44.2 Å². The predicted molar refractivity (Wildman–Crippen MR) is 105 cm³/mol. The van der Waals surface area contributed by atoms with Gasteiger partial charge >= 0.3 is 0 Å². The van der Waals surface area contributed by atoms with Crippen LogP contribution in [0.1, 0.15) is 50.0 Å². The highest BCUT2D eigenvalue weighted by Crippen LogP contribution is 2.34. The molecule has 0 amide bonds. The third-order valence-corrected chi connectivity index (χ3v) is 5.74. The van der Waals surface area contributed by atoms with Crippen LogP contribution in [0.2, 0.25) is 0 Å². The Morgan fingerprint density at radius 2 is 1.89 bits per heavy atom. The van der Waals surface area contributed by atoms with Crippen LogP contribution in [-0.2, 0) is 4.74 Å². The Labute approximate surface area is 164 Å². The lowest BCUT2D eigenvalue weighted by Gasteiger charge is -2.33. The molecule has 0 N–H and O–H groups in total. The summed E-state index contributed by atoms with van der Waals surface area (Å²) in [5.41, 5.74) is 0. The maximum absolute atomic E-state index is 6.15. The van der Waals surface area contributed by atoms with E-state index < -0.39 is 0 Å². The van der Waals surface area contributed by atoms with E-state index in [0.29, 0.717) is 6.04 Å². The summed E-state index contributed by atoms with van der Waals surface area (Å²) in [5, 5.41) is 0. The van der Waals surface area contributed by atoms with Crippen LogP contribution in [0.15, 0.2) is 47.5 Å². The Kier molecular flexibility index (Phi) is 4.83. The molecule has 3 aromatic heterocycles. The number of hydrogen-bond acceptors (Lipinski definition) is 6. The minimum absolute atomic E-state index is 0.0844. The first-order valence-corrected chi connectivity index (χ1v) is 10.1. The molecule has 2 aliphatic rings. The lowest BCUT2D eigenvalue weighted by Crippen LogP contribution is -2.35. The molecule has 2 aliphatic heterocycles. The zero-order chi connectivity index (χ0) is 18.8. The minimum Gasteiger partial charge on any atom is -0.455 e. The Hall–Kier alpha value is -2.67. The maximum Gasteiger partial charge on any atom is 0.176 e. The van der Waals surface area contributed by atoms with Crippen molar-refractivity contribution < 1.29 is 9.15 Å². The van der Waals surface area contributed by atoms with E-state index in [2.05, 4.69) is 30.6 Å². The van der Waals surface area contributed by atoms with Crippen LogP contribution in [0.3, 0.4) is 0 Å². The van der Waals surface area contributed by atoms with Gasteiger partial charge in [-0.25, -0.2) is 9.97 Å². The second kappa shape index (κ2) is 7.75. The van der Waals surface area contributed by atoms with Gasteiger partial charge in [0.1, 0.15) is 17.7 Å². The molecule has 5 rings (SSSR count). The normalized spacial score (nSPS) is 21.1. The van der Waals surface area contributed by atoms with Crippen LogP contribution in [0, 0.1) is 0 Å². The molecule has 0 spiro atoms. The molecule has 7 nitrogen and oxygen atoms in total. The molecule has 0 saturated carbocycles. The molecule has 146 valence electrons. The number of anilines is 1. The van der Waals surface area contributed by atoms with Crippen LogP contribution in [0.4, 0.5) is 5.82 Å². The third-order valence-electron chi connectivity index (χ3n) is 5.74. The smallest absolute Gasteiger partial charge is 0.176 e. The number of ether oxygens (including phenoxy) is 1. The largest absolute Gasteiger partial charge is 0.455 e. The van der Waals surface area contributed by atoms with E-state index in [1.807, 2.05) is 24.5 Å². The highest BCUT2D eigenvalue weighted by Gasteiger charge is 2.25. The molecule has 5 heterocycles. The fourth-order valence-electron chi connectivity index (χ4n) is 4.24. The van der Waals surface area contributed by atoms with Crippen molar-refractivity contribution >= 4 is 5.82 Å². The summed E-state index contributed by atoms with van der Waals surface area (Å²) in [6.45, 7) is 2.74. The zero-order valence-corrected chi connectivity index (χ0v) is 15.9. The van der Waals surface area contributed by atoms with Crippen LogP contribution >= 0.6 is 0 Å². The summed E-state index contributed by atoms with van der Waals surface area (Å²) in [6, 6.07) is 4.48. The van der Waals surface area contributed by atoms with Gasteiger partial charge in [0.05, 0.1) is 6.20 Å². The van der Waals surface area contributed by atoms with Gasteiger partial charge in [-0.15, -0.1) is 0 Å². The highest BCUT2D eigenvalue weighted by atomic mass is 16.5. The third kappa shape index (κ3) is 3.42. The van der Waals surface area contributed by atoms with E-state index in [0.717, 1.165) is 68.5 Å². The summed E-state index contributed by atoms with van der Waals surface area (Å²) in [6.07, 6.45) is 14.8. The topological polar surface area (TPSA) is 69.2 Å². The van der Waals surface area contributed by atoms with Crippen molar-refractivity contribution in [1.82, 2.24) is 19.5 Å². The Bertz CT molecular complexity index is 892. The zero-order valence-electron chi connectivity index (χ0n) is 15.9. The monoisotopic (exact) mass is 379 g/mol. The Morgan fingerprint density at radius 1 is 0.964 bits per heavy atom. The second-order valence-corrected chi connectivity index (χ2v) is 7.50. The fourth-order valence-corrected chi connectivity index (χ4v) is 4.24. The van der Waals surface area contributed by atoms with E-state index in [1.165, 1.54) is 6.42 Å². The van der Waals surface area contributed by atoms with Crippen molar-refractivity contribution in [1.29, 1.82) is 0 Å². The van der Waals surface area contributed by atoms with Gasteiger partial charge in [-0.2, -0.15) is 0 Å². The van der Waals surface area contributed by atoms with Crippen molar-refractivity contribution in [2.24, 2.45) is 0 Å². The summed E-state index contributed by atoms with van der Waals surface area (Å²) < 4.78 is 14.3. The van der Waals surface area contributed by atoms with Gasteiger partial charge in [0.15, 0.2) is 11.6 Å². The van der Waals surface area contributed by atoms with Crippen LogP contribution < -0.4 is 4.90 Å². The maximum atomic E-state index is 6.15. The van der Waals surface area contributed by atoms with Gasteiger partial charge in [-0.3, -0.25) is 4.98 Å². The average Bonchev–Trinajstić information content (AvgIpc) is 3.45. The molecule has 0 aromatic carbocycles. The lowest BCUT2D eigenvalue weighted by molar-refractivity contribution is 0.00218. The molecule has 0 aliphatic carbocycles. The summed E-state index contributed by atoms with van der Waals surface area (Å²) >= 11 is 0.